The van der Waals surface area contributed by atoms with E-state index in [9.17, 15) is 5.11 Å². The number of ether oxygens (including phenoxy) is 2. The van der Waals surface area contributed by atoms with Crippen LogP contribution in [0.2, 0.25) is 0 Å². The van der Waals surface area contributed by atoms with Gasteiger partial charge in [-0.3, -0.25) is 0 Å². The first-order valence-corrected chi connectivity index (χ1v) is 9.97. The highest BCUT2D eigenvalue weighted by Gasteiger charge is 2.41. The van der Waals surface area contributed by atoms with Crippen LogP contribution in [-0.4, -0.2) is 56.9 Å². The van der Waals surface area contributed by atoms with Crippen LogP contribution in [0, 0.1) is 6.92 Å². The van der Waals surface area contributed by atoms with E-state index in [0.717, 1.165) is 25.1 Å². The van der Waals surface area contributed by atoms with Crippen molar-refractivity contribution in [2.24, 2.45) is 0 Å². The molecule has 2 heterocycles. The molecule has 2 aliphatic rings. The Hall–Kier alpha value is -2.24. The molecule has 5 nitrogen and oxygen atoms in total. The summed E-state index contributed by atoms with van der Waals surface area (Å²) in [6.45, 7) is 4.90. The lowest BCUT2D eigenvalue weighted by molar-refractivity contribution is 0.171. The number of methoxy groups -OCH3 is 2. The SMILES string of the molecule is COc1ccc(C(O)CN2c3ccc(C)cc3C3CN(C)CCC32)cc1OC. The van der Waals surface area contributed by atoms with E-state index in [1.54, 1.807) is 14.2 Å². The van der Waals surface area contributed by atoms with Crippen LogP contribution in [-0.2, 0) is 0 Å². The Morgan fingerprint density at radius 3 is 2.64 bits per heavy atom. The van der Waals surface area contributed by atoms with Gasteiger partial charge in [0.05, 0.1) is 20.3 Å². The Morgan fingerprint density at radius 1 is 1.11 bits per heavy atom. The van der Waals surface area contributed by atoms with Crippen molar-refractivity contribution < 1.29 is 14.6 Å². The van der Waals surface area contributed by atoms with Crippen LogP contribution in [0.1, 0.15) is 35.1 Å². The quantitative estimate of drug-likeness (QED) is 0.859. The summed E-state index contributed by atoms with van der Waals surface area (Å²) in [6.07, 6.45) is 0.528. The van der Waals surface area contributed by atoms with Gasteiger partial charge in [0.1, 0.15) is 0 Å². The molecule has 1 fully saturated rings. The summed E-state index contributed by atoms with van der Waals surface area (Å²) in [5, 5.41) is 11.0. The minimum atomic E-state index is -0.590. The molecule has 0 amide bonds. The van der Waals surface area contributed by atoms with Crippen molar-refractivity contribution in [3.63, 3.8) is 0 Å². The second-order valence-corrected chi connectivity index (χ2v) is 8.07. The molecule has 2 aromatic rings. The van der Waals surface area contributed by atoms with Gasteiger partial charge >= 0.3 is 0 Å². The molecule has 4 rings (SSSR count). The van der Waals surface area contributed by atoms with Crippen molar-refractivity contribution in [1.82, 2.24) is 4.90 Å². The number of anilines is 1. The number of nitrogens with zero attached hydrogens (tertiary/aromatic N) is 2. The van der Waals surface area contributed by atoms with Gasteiger partial charge in [-0.05, 0) is 56.3 Å². The topological polar surface area (TPSA) is 45.2 Å². The number of hydrogen-bond donors (Lipinski definition) is 1. The smallest absolute Gasteiger partial charge is 0.161 e. The van der Waals surface area contributed by atoms with Gasteiger partial charge in [-0.1, -0.05) is 23.8 Å². The number of benzene rings is 2. The van der Waals surface area contributed by atoms with E-state index < -0.39 is 6.10 Å². The molecular weight excluding hydrogens is 352 g/mol. The summed E-state index contributed by atoms with van der Waals surface area (Å²) in [7, 11) is 5.44. The number of fused-ring (bicyclic) bond motifs is 3. The molecule has 3 unspecified atom stereocenters. The van der Waals surface area contributed by atoms with Crippen LogP contribution >= 0.6 is 0 Å². The number of β-amino-alcohol motifs (C(OH)–C–C–N with tert-alkyl or cyclic N) is 1. The van der Waals surface area contributed by atoms with Crippen LogP contribution in [0.5, 0.6) is 11.5 Å². The third-order valence-electron chi connectivity index (χ3n) is 6.23. The van der Waals surface area contributed by atoms with Crippen molar-refractivity contribution in [2.45, 2.75) is 31.4 Å². The van der Waals surface area contributed by atoms with Crippen LogP contribution in [0.15, 0.2) is 36.4 Å². The molecule has 150 valence electrons. The fourth-order valence-electron chi connectivity index (χ4n) is 4.78. The van der Waals surface area contributed by atoms with Crippen molar-refractivity contribution in [3.8, 4) is 11.5 Å². The first-order valence-electron chi connectivity index (χ1n) is 9.97. The highest BCUT2D eigenvalue weighted by Crippen LogP contribution is 2.45. The highest BCUT2D eigenvalue weighted by molar-refractivity contribution is 5.63. The lowest BCUT2D eigenvalue weighted by atomic mass is 9.88. The normalized spacial score (nSPS) is 22.5. The fraction of sp³-hybridized carbons (Fsp3) is 0.478. The van der Waals surface area contributed by atoms with E-state index in [0.29, 0.717) is 30.0 Å². The number of likely N-dealkylation sites (N-methyl/N-ethyl adjacent to an activating group) is 1. The fourth-order valence-corrected chi connectivity index (χ4v) is 4.78. The van der Waals surface area contributed by atoms with Gasteiger partial charge in [0.2, 0.25) is 0 Å². The molecule has 1 N–H and O–H groups in total. The van der Waals surface area contributed by atoms with Crippen molar-refractivity contribution >= 4 is 5.69 Å². The van der Waals surface area contributed by atoms with Gasteiger partial charge in [-0.15, -0.1) is 0 Å². The maximum absolute atomic E-state index is 11.0. The van der Waals surface area contributed by atoms with Gasteiger partial charge in [-0.25, -0.2) is 0 Å². The standard InChI is InChI=1S/C23H30N2O3/c1-15-5-7-19-17(11-15)18-13-24(2)10-9-20(18)25(19)14-21(26)16-6-8-22(27-3)23(12-16)28-4/h5-8,11-12,18,20-21,26H,9-10,13-14H2,1-4H3. The zero-order valence-corrected chi connectivity index (χ0v) is 17.2. The van der Waals surface area contributed by atoms with Crippen molar-refractivity contribution in [3.05, 3.63) is 53.1 Å². The Kier molecular flexibility index (Phi) is 5.21. The van der Waals surface area contributed by atoms with E-state index in [4.69, 9.17) is 9.47 Å². The molecular formula is C23H30N2O3. The summed E-state index contributed by atoms with van der Waals surface area (Å²) in [4.78, 5) is 4.84. The molecule has 2 aliphatic heterocycles. The number of aryl methyl sites for hydroxylation is 1. The largest absolute Gasteiger partial charge is 0.493 e. The summed E-state index contributed by atoms with van der Waals surface area (Å²) in [5.74, 6) is 1.83. The first-order chi connectivity index (χ1) is 13.5. The first kappa shape index (κ1) is 19.1. The second-order valence-electron chi connectivity index (χ2n) is 8.07. The maximum atomic E-state index is 11.0. The predicted octanol–water partition coefficient (Wildman–Crippen LogP) is 3.35. The summed E-state index contributed by atoms with van der Waals surface area (Å²) in [6, 6.07) is 12.8. The summed E-state index contributed by atoms with van der Waals surface area (Å²) in [5.41, 5.74) is 4.85. The zero-order chi connectivity index (χ0) is 19.8. The van der Waals surface area contributed by atoms with Crippen LogP contribution < -0.4 is 14.4 Å². The Bertz CT molecular complexity index is 854. The number of aliphatic hydroxyl groups is 1. The van der Waals surface area contributed by atoms with Gasteiger partial charge in [-0.2, -0.15) is 0 Å². The van der Waals surface area contributed by atoms with E-state index in [2.05, 4.69) is 42.0 Å². The number of hydrogen-bond acceptors (Lipinski definition) is 5. The number of likely N-dealkylation sites (tertiary alicyclic amines) is 1. The van der Waals surface area contributed by atoms with E-state index in [1.807, 2.05) is 18.2 Å². The number of piperidine rings is 1. The van der Waals surface area contributed by atoms with Gasteiger partial charge < -0.3 is 24.4 Å². The molecule has 0 radical (unpaired) electrons. The third kappa shape index (κ3) is 3.33. The second kappa shape index (κ2) is 7.64. The van der Waals surface area contributed by atoms with E-state index in [1.165, 1.54) is 16.8 Å². The van der Waals surface area contributed by atoms with Gasteiger partial charge in [0.15, 0.2) is 11.5 Å². The number of aliphatic hydroxyl groups excluding tert-OH is 1. The molecule has 1 saturated heterocycles. The van der Waals surface area contributed by atoms with E-state index >= 15 is 0 Å². The lowest BCUT2D eigenvalue weighted by Crippen LogP contribution is -2.46. The molecule has 0 aromatic heterocycles. The molecule has 28 heavy (non-hydrogen) atoms. The molecule has 0 spiro atoms. The van der Waals surface area contributed by atoms with Crippen LogP contribution in [0.3, 0.4) is 0 Å². The average Bonchev–Trinajstić information content (AvgIpc) is 2.99. The summed E-state index contributed by atoms with van der Waals surface area (Å²) >= 11 is 0. The van der Waals surface area contributed by atoms with Gasteiger partial charge in [0, 0.05) is 30.7 Å². The molecule has 5 heteroatoms. The molecule has 2 aromatic carbocycles. The van der Waals surface area contributed by atoms with Crippen molar-refractivity contribution in [1.29, 1.82) is 0 Å². The summed E-state index contributed by atoms with van der Waals surface area (Å²) < 4.78 is 10.7. The monoisotopic (exact) mass is 382 g/mol. The van der Waals surface area contributed by atoms with E-state index in [-0.39, 0.29) is 0 Å². The maximum Gasteiger partial charge on any atom is 0.161 e. The molecule has 3 atom stereocenters. The Labute approximate surface area is 167 Å². The molecule has 0 saturated carbocycles. The minimum absolute atomic E-state index is 0.447. The third-order valence-corrected chi connectivity index (χ3v) is 6.23. The highest BCUT2D eigenvalue weighted by atomic mass is 16.5. The Morgan fingerprint density at radius 2 is 1.89 bits per heavy atom. The molecule has 0 aliphatic carbocycles. The van der Waals surface area contributed by atoms with Crippen LogP contribution in [0.25, 0.3) is 0 Å². The van der Waals surface area contributed by atoms with Crippen molar-refractivity contribution in [2.75, 3.05) is 45.8 Å². The number of rotatable bonds is 5. The lowest BCUT2D eigenvalue weighted by Gasteiger charge is -2.38. The van der Waals surface area contributed by atoms with Crippen LogP contribution in [0.4, 0.5) is 5.69 Å². The Balaban J connectivity index is 1.62. The molecule has 0 bridgehead atoms. The van der Waals surface area contributed by atoms with Gasteiger partial charge in [0.25, 0.3) is 0 Å². The predicted molar refractivity (Wildman–Crippen MR) is 112 cm³/mol. The average molecular weight is 383 g/mol. The zero-order valence-electron chi connectivity index (χ0n) is 17.2. The minimum Gasteiger partial charge on any atom is -0.493 e.